The minimum Gasteiger partial charge on any atom is -0.340 e. The van der Waals surface area contributed by atoms with Gasteiger partial charge in [-0.2, -0.15) is 0 Å². The predicted octanol–water partition coefficient (Wildman–Crippen LogP) is 1.09. The first-order chi connectivity index (χ1) is 13.6. The van der Waals surface area contributed by atoms with Crippen molar-refractivity contribution in [2.75, 3.05) is 32.7 Å². The third kappa shape index (κ3) is 4.58. The van der Waals surface area contributed by atoms with Gasteiger partial charge in [0.05, 0.1) is 11.4 Å². The van der Waals surface area contributed by atoms with E-state index in [0.717, 1.165) is 17.1 Å². The summed E-state index contributed by atoms with van der Waals surface area (Å²) in [5.74, 6) is 0.0924. The number of Topliss-reactive ketones (excluding diaryl/α,β-unsaturated/α-hetero) is 1. The monoisotopic (exact) mass is 418 g/mol. The Morgan fingerprint density at radius 1 is 1.03 bits per heavy atom. The van der Waals surface area contributed by atoms with Gasteiger partial charge >= 0.3 is 0 Å². The number of sulfonamides is 1. The van der Waals surface area contributed by atoms with E-state index in [1.165, 1.54) is 12.1 Å². The second-order valence-electron chi connectivity index (χ2n) is 7.36. The summed E-state index contributed by atoms with van der Waals surface area (Å²) in [6.45, 7) is 8.28. The van der Waals surface area contributed by atoms with E-state index in [0.29, 0.717) is 38.3 Å². The summed E-state index contributed by atoms with van der Waals surface area (Å²) >= 11 is 0. The Balaban J connectivity index is 1.77. The fourth-order valence-electron chi connectivity index (χ4n) is 3.74. The van der Waals surface area contributed by atoms with E-state index in [-0.39, 0.29) is 16.6 Å². The van der Waals surface area contributed by atoms with Crippen LogP contribution in [0.4, 0.5) is 0 Å². The van der Waals surface area contributed by atoms with Crippen LogP contribution in [0.25, 0.3) is 5.69 Å². The van der Waals surface area contributed by atoms with Gasteiger partial charge in [0.2, 0.25) is 15.9 Å². The molecule has 1 fully saturated rings. The van der Waals surface area contributed by atoms with Crippen molar-refractivity contribution < 1.29 is 18.0 Å². The highest BCUT2D eigenvalue weighted by molar-refractivity contribution is 7.89. The molecule has 1 aliphatic heterocycles. The number of aryl methyl sites for hydroxylation is 1. The molecule has 0 bridgehead atoms. The number of hydrogen-bond acceptors (Lipinski definition) is 5. The predicted molar refractivity (Wildman–Crippen MR) is 110 cm³/mol. The molecule has 1 saturated heterocycles. The molecule has 0 radical (unpaired) electrons. The highest BCUT2D eigenvalue weighted by Crippen LogP contribution is 2.22. The third-order valence-corrected chi connectivity index (χ3v) is 6.27. The Hall–Kier alpha value is -2.49. The Kier molecular flexibility index (Phi) is 5.92. The summed E-state index contributed by atoms with van der Waals surface area (Å²) in [5, 5.41) is 5.16. The largest absolute Gasteiger partial charge is 0.340 e. The van der Waals surface area contributed by atoms with Crippen LogP contribution in [-0.2, 0) is 14.8 Å². The average molecular weight is 419 g/mol. The van der Waals surface area contributed by atoms with Crippen LogP contribution in [0.2, 0.25) is 0 Å². The molecule has 1 aliphatic rings. The van der Waals surface area contributed by atoms with Crippen molar-refractivity contribution in [2.45, 2.75) is 25.7 Å². The van der Waals surface area contributed by atoms with Gasteiger partial charge in [0, 0.05) is 55.7 Å². The number of carbonyl (C=O) groups is 2. The van der Waals surface area contributed by atoms with Crippen molar-refractivity contribution in [3.63, 3.8) is 0 Å². The Bertz CT molecular complexity index is 1030. The number of nitrogens with two attached hydrogens (primary N) is 1. The second kappa shape index (κ2) is 8.10. The standard InChI is InChI=1S/C20H26N4O4S/c1-14-12-19(20(26)13-22-8-10-23(11-9-22)16(3)25)15(2)24(14)17-4-6-18(7-5-17)29(21,27)28/h4-7,12H,8-11,13H2,1-3H3,(H2,21,27,28). The number of carbonyl (C=O) groups excluding carboxylic acids is 2. The van der Waals surface area contributed by atoms with Crippen LogP contribution in [0, 0.1) is 13.8 Å². The Morgan fingerprint density at radius 2 is 1.62 bits per heavy atom. The van der Waals surface area contributed by atoms with E-state index in [4.69, 9.17) is 5.14 Å². The molecule has 156 valence electrons. The van der Waals surface area contributed by atoms with Crippen LogP contribution < -0.4 is 5.14 Å². The van der Waals surface area contributed by atoms with Crippen LogP contribution in [0.15, 0.2) is 35.2 Å². The molecular weight excluding hydrogens is 392 g/mol. The van der Waals surface area contributed by atoms with Gasteiger partial charge in [0.25, 0.3) is 0 Å². The molecule has 8 nitrogen and oxygen atoms in total. The van der Waals surface area contributed by atoms with E-state index in [1.807, 2.05) is 24.5 Å². The Labute approximate surface area is 170 Å². The number of nitrogens with zero attached hydrogens (tertiary/aromatic N) is 3. The van der Waals surface area contributed by atoms with E-state index < -0.39 is 10.0 Å². The van der Waals surface area contributed by atoms with Crippen molar-refractivity contribution >= 4 is 21.7 Å². The van der Waals surface area contributed by atoms with Gasteiger partial charge in [0.15, 0.2) is 5.78 Å². The van der Waals surface area contributed by atoms with Crippen molar-refractivity contribution in [2.24, 2.45) is 5.14 Å². The molecule has 29 heavy (non-hydrogen) atoms. The summed E-state index contributed by atoms with van der Waals surface area (Å²) in [5.41, 5.74) is 3.10. The van der Waals surface area contributed by atoms with Crippen LogP contribution in [0.3, 0.4) is 0 Å². The van der Waals surface area contributed by atoms with E-state index in [9.17, 15) is 18.0 Å². The van der Waals surface area contributed by atoms with Crippen molar-refractivity contribution in [1.82, 2.24) is 14.4 Å². The van der Waals surface area contributed by atoms with E-state index in [1.54, 1.807) is 24.0 Å². The molecule has 2 aromatic rings. The van der Waals surface area contributed by atoms with Crippen LogP contribution in [-0.4, -0.2) is 67.2 Å². The number of hydrogen-bond donors (Lipinski definition) is 1. The molecule has 0 saturated carbocycles. The lowest BCUT2D eigenvalue weighted by Gasteiger charge is -2.33. The zero-order valence-corrected chi connectivity index (χ0v) is 17.7. The maximum Gasteiger partial charge on any atom is 0.238 e. The number of ketones is 1. The van der Waals surface area contributed by atoms with Crippen molar-refractivity contribution in [3.05, 3.63) is 47.3 Å². The summed E-state index contributed by atoms with van der Waals surface area (Å²) in [7, 11) is -3.75. The van der Waals surface area contributed by atoms with E-state index >= 15 is 0 Å². The van der Waals surface area contributed by atoms with Crippen LogP contribution in [0.5, 0.6) is 0 Å². The molecule has 2 heterocycles. The molecule has 0 aliphatic carbocycles. The quantitative estimate of drug-likeness (QED) is 0.732. The number of piperazine rings is 1. The zero-order chi connectivity index (χ0) is 21.3. The lowest BCUT2D eigenvalue weighted by atomic mass is 10.1. The van der Waals surface area contributed by atoms with Crippen molar-refractivity contribution in [1.29, 1.82) is 0 Å². The lowest BCUT2D eigenvalue weighted by Crippen LogP contribution is -2.49. The molecule has 0 unspecified atom stereocenters. The molecule has 0 atom stereocenters. The normalized spacial score (nSPS) is 15.5. The summed E-state index contributed by atoms with van der Waals surface area (Å²) in [6.07, 6.45) is 0. The van der Waals surface area contributed by atoms with Gasteiger partial charge in [-0.15, -0.1) is 0 Å². The molecule has 2 N–H and O–H groups in total. The fraction of sp³-hybridized carbons (Fsp3) is 0.400. The minimum atomic E-state index is -3.75. The molecule has 0 spiro atoms. The first kappa shape index (κ1) is 21.2. The SMILES string of the molecule is CC(=O)N1CCN(CC(=O)c2cc(C)n(-c3ccc(S(N)(=O)=O)cc3)c2C)CC1. The van der Waals surface area contributed by atoms with Gasteiger partial charge in [-0.05, 0) is 44.2 Å². The maximum absolute atomic E-state index is 12.9. The zero-order valence-electron chi connectivity index (χ0n) is 16.9. The first-order valence-corrected chi connectivity index (χ1v) is 11.0. The topological polar surface area (TPSA) is 106 Å². The summed E-state index contributed by atoms with van der Waals surface area (Å²) < 4.78 is 24.8. The maximum atomic E-state index is 12.9. The highest BCUT2D eigenvalue weighted by atomic mass is 32.2. The number of benzene rings is 1. The molecule has 1 amide bonds. The summed E-state index contributed by atoms with van der Waals surface area (Å²) in [4.78, 5) is 28.2. The van der Waals surface area contributed by atoms with Gasteiger partial charge in [-0.25, -0.2) is 13.6 Å². The average Bonchev–Trinajstić information content (AvgIpc) is 2.96. The smallest absolute Gasteiger partial charge is 0.238 e. The van der Waals surface area contributed by atoms with Crippen molar-refractivity contribution in [3.8, 4) is 5.69 Å². The van der Waals surface area contributed by atoms with Gasteiger partial charge in [-0.3, -0.25) is 14.5 Å². The third-order valence-electron chi connectivity index (χ3n) is 5.34. The lowest BCUT2D eigenvalue weighted by molar-refractivity contribution is -0.130. The molecular formula is C20H26N4O4S. The van der Waals surface area contributed by atoms with Gasteiger partial charge in [-0.1, -0.05) is 0 Å². The van der Waals surface area contributed by atoms with Gasteiger partial charge in [0.1, 0.15) is 0 Å². The fourth-order valence-corrected chi connectivity index (χ4v) is 4.25. The number of primary sulfonamides is 1. The first-order valence-electron chi connectivity index (χ1n) is 9.41. The van der Waals surface area contributed by atoms with Crippen LogP contribution >= 0.6 is 0 Å². The number of amides is 1. The molecule has 1 aromatic carbocycles. The number of rotatable bonds is 5. The Morgan fingerprint density at radius 3 is 2.14 bits per heavy atom. The molecule has 3 rings (SSSR count). The van der Waals surface area contributed by atoms with Crippen LogP contribution in [0.1, 0.15) is 28.7 Å². The number of aromatic nitrogens is 1. The molecule has 9 heteroatoms. The minimum absolute atomic E-state index is 0.0294. The van der Waals surface area contributed by atoms with Gasteiger partial charge < -0.3 is 9.47 Å². The molecule has 1 aromatic heterocycles. The van der Waals surface area contributed by atoms with E-state index in [2.05, 4.69) is 4.90 Å². The highest BCUT2D eigenvalue weighted by Gasteiger charge is 2.23. The summed E-state index contributed by atoms with van der Waals surface area (Å²) in [6, 6.07) is 8.13. The second-order valence-corrected chi connectivity index (χ2v) is 8.93.